The molecule has 0 saturated heterocycles. The van der Waals surface area contributed by atoms with Crippen molar-refractivity contribution in [1.29, 1.82) is 0 Å². The van der Waals surface area contributed by atoms with E-state index in [0.717, 1.165) is 38.5 Å². The quantitative estimate of drug-likeness (QED) is 0.0278. The topological polar surface area (TPSA) is 108 Å². The average Bonchev–Trinajstić information content (AvgIpc) is 3.43. The fraction of sp³-hybridized carbons (Fsp3) is 0.958. The predicted molar refractivity (Wildman–Crippen MR) is 342 cm³/mol. The number of hydrogen-bond donors (Lipinski definition) is 1. The summed E-state index contributed by atoms with van der Waals surface area (Å²) in [5.74, 6) is -1.96. The average molecular weight is 1140 g/mol. The van der Waals surface area contributed by atoms with Gasteiger partial charge in [-0.25, -0.2) is 4.79 Å². The number of nitrogens with zero attached hydrogens (tertiary/aromatic N) is 1. The lowest BCUT2D eigenvalue weighted by atomic mass is 10.0. The minimum atomic E-state index is -1.50. The van der Waals surface area contributed by atoms with Gasteiger partial charge in [-0.05, 0) is 12.8 Å². The molecule has 0 spiro atoms. The third-order valence-electron chi connectivity index (χ3n) is 16.6. The van der Waals surface area contributed by atoms with Crippen molar-refractivity contribution in [2.75, 3.05) is 47.5 Å². The molecule has 476 valence electrons. The molecule has 0 bridgehead atoms. The highest BCUT2D eigenvalue weighted by molar-refractivity contribution is 5.71. The smallest absolute Gasteiger partial charge is 0.361 e. The van der Waals surface area contributed by atoms with Gasteiger partial charge in [0.1, 0.15) is 13.2 Å². The number of carbonyl (C=O) groups excluding carboxylic acids is 2. The van der Waals surface area contributed by atoms with E-state index in [0.29, 0.717) is 17.4 Å². The van der Waals surface area contributed by atoms with Crippen LogP contribution in [0.25, 0.3) is 0 Å². The van der Waals surface area contributed by atoms with E-state index < -0.39 is 18.4 Å². The van der Waals surface area contributed by atoms with Gasteiger partial charge in [-0.1, -0.05) is 354 Å². The Morgan fingerprint density at radius 3 is 0.800 bits per heavy atom. The van der Waals surface area contributed by atoms with Crippen molar-refractivity contribution < 1.29 is 42.9 Å². The van der Waals surface area contributed by atoms with E-state index in [4.69, 9.17) is 18.9 Å². The summed E-state index contributed by atoms with van der Waals surface area (Å²) in [6.07, 6.45) is 72.3. The zero-order valence-corrected chi connectivity index (χ0v) is 54.5. The molecule has 2 unspecified atom stereocenters. The molecule has 0 amide bonds. The van der Waals surface area contributed by atoms with Crippen molar-refractivity contribution in [3.63, 3.8) is 0 Å². The minimum absolute atomic E-state index is 0.172. The largest absolute Gasteiger partial charge is 0.477 e. The number of carboxylic acids is 1. The molecule has 0 rings (SSSR count). The molecule has 0 heterocycles. The first-order valence-corrected chi connectivity index (χ1v) is 35.7. The summed E-state index contributed by atoms with van der Waals surface area (Å²) in [5.41, 5.74) is 0. The van der Waals surface area contributed by atoms with Gasteiger partial charge >= 0.3 is 17.9 Å². The third kappa shape index (κ3) is 63.9. The molecule has 0 aliphatic carbocycles. The molecular formula is C71H140NO8+. The van der Waals surface area contributed by atoms with Crippen LogP contribution in [0.2, 0.25) is 0 Å². The maximum absolute atomic E-state index is 12.9. The van der Waals surface area contributed by atoms with Crippen LogP contribution in [0.3, 0.4) is 0 Å². The number of carboxylic acid groups (broad SMARTS) is 1. The van der Waals surface area contributed by atoms with Gasteiger partial charge in [0.25, 0.3) is 6.29 Å². The second-order valence-electron chi connectivity index (χ2n) is 25.9. The van der Waals surface area contributed by atoms with E-state index in [9.17, 15) is 19.5 Å². The molecule has 0 fully saturated rings. The Bertz CT molecular complexity index is 1270. The first-order chi connectivity index (χ1) is 39.1. The van der Waals surface area contributed by atoms with Crippen LogP contribution in [-0.2, 0) is 33.3 Å². The molecule has 0 aromatic heterocycles. The van der Waals surface area contributed by atoms with Gasteiger partial charge in [-0.15, -0.1) is 0 Å². The second kappa shape index (κ2) is 63.3. The summed E-state index contributed by atoms with van der Waals surface area (Å²) >= 11 is 0. The van der Waals surface area contributed by atoms with Gasteiger partial charge in [0.2, 0.25) is 0 Å². The minimum Gasteiger partial charge on any atom is -0.477 e. The summed E-state index contributed by atoms with van der Waals surface area (Å²) in [6, 6.07) is 0. The van der Waals surface area contributed by atoms with E-state index in [1.165, 1.54) is 315 Å². The number of esters is 2. The number of carbonyl (C=O) groups is 3. The molecule has 0 aliphatic heterocycles. The summed E-state index contributed by atoms with van der Waals surface area (Å²) in [7, 11) is 6.00. The van der Waals surface area contributed by atoms with Crippen molar-refractivity contribution in [2.45, 2.75) is 392 Å². The molecule has 0 radical (unpaired) electrons. The molecule has 9 heteroatoms. The lowest BCUT2D eigenvalue weighted by molar-refractivity contribution is -0.870. The van der Waals surface area contributed by atoms with Gasteiger partial charge in [0.15, 0.2) is 6.10 Å². The van der Waals surface area contributed by atoms with Crippen molar-refractivity contribution >= 4 is 17.9 Å². The van der Waals surface area contributed by atoms with Gasteiger partial charge < -0.3 is 28.5 Å². The number of hydrogen-bond acceptors (Lipinski definition) is 7. The highest BCUT2D eigenvalue weighted by Gasteiger charge is 2.25. The number of aliphatic carboxylic acids is 1. The highest BCUT2D eigenvalue weighted by atomic mass is 16.7. The molecule has 80 heavy (non-hydrogen) atoms. The molecule has 0 saturated carbocycles. The molecule has 1 N–H and O–H groups in total. The zero-order valence-electron chi connectivity index (χ0n) is 54.5. The monoisotopic (exact) mass is 1140 g/mol. The maximum Gasteiger partial charge on any atom is 0.361 e. The van der Waals surface area contributed by atoms with E-state index in [2.05, 4.69) is 13.8 Å². The maximum atomic E-state index is 12.9. The Hall–Kier alpha value is -1.71. The van der Waals surface area contributed by atoms with Crippen LogP contribution in [0.5, 0.6) is 0 Å². The van der Waals surface area contributed by atoms with Crippen molar-refractivity contribution in [3.8, 4) is 0 Å². The van der Waals surface area contributed by atoms with Crippen LogP contribution < -0.4 is 0 Å². The fourth-order valence-electron chi connectivity index (χ4n) is 11.1. The fourth-order valence-corrected chi connectivity index (χ4v) is 11.1. The Morgan fingerprint density at radius 2 is 0.562 bits per heavy atom. The number of ether oxygens (including phenoxy) is 4. The van der Waals surface area contributed by atoms with Crippen molar-refractivity contribution in [2.24, 2.45) is 0 Å². The first kappa shape index (κ1) is 78.3. The van der Waals surface area contributed by atoms with Gasteiger partial charge in [0.05, 0.1) is 34.4 Å². The standard InChI is InChI=1S/C71H139NO8/c1-6-8-10-12-14-16-18-20-22-24-26-28-30-32-33-34-35-36-38-40-42-44-46-48-50-52-54-56-58-60-62-69(74)80-67(66-79-71(70(75)76)77-64-63-72(3,4)5)65-78-68(73)61-59-57-55-53-51-49-47-45-43-41-39-37-31-29-27-25-23-21-19-17-15-13-11-9-7-2/h67,71H,6-66H2,1-5H3/p+1. The van der Waals surface area contributed by atoms with Crippen LogP contribution in [0.1, 0.15) is 380 Å². The summed E-state index contributed by atoms with van der Waals surface area (Å²) in [5, 5.41) is 9.74. The first-order valence-electron chi connectivity index (χ1n) is 35.7. The van der Waals surface area contributed by atoms with Crippen LogP contribution in [0.15, 0.2) is 0 Å². The van der Waals surface area contributed by atoms with Crippen molar-refractivity contribution in [3.05, 3.63) is 0 Å². The Morgan fingerprint density at radius 1 is 0.325 bits per heavy atom. The van der Waals surface area contributed by atoms with E-state index in [1.807, 2.05) is 21.1 Å². The normalized spacial score (nSPS) is 12.6. The lowest BCUT2D eigenvalue weighted by Crippen LogP contribution is -2.40. The Labute approximate surface area is 498 Å². The summed E-state index contributed by atoms with van der Waals surface area (Å²) < 4.78 is 23.0. The van der Waals surface area contributed by atoms with Crippen LogP contribution in [0, 0.1) is 0 Å². The van der Waals surface area contributed by atoms with Gasteiger partial charge in [-0.2, -0.15) is 0 Å². The number of rotatable bonds is 68. The number of quaternary nitrogens is 1. The predicted octanol–water partition coefficient (Wildman–Crippen LogP) is 21.9. The highest BCUT2D eigenvalue weighted by Crippen LogP contribution is 2.20. The second-order valence-corrected chi connectivity index (χ2v) is 25.9. The molecule has 0 aliphatic rings. The van der Waals surface area contributed by atoms with E-state index in [-0.39, 0.29) is 38.2 Å². The Balaban J connectivity index is 4.03. The van der Waals surface area contributed by atoms with E-state index in [1.54, 1.807) is 0 Å². The SMILES string of the molecule is CCCCCCCCCCCCCCCCCCCCCCCCCCCCCCCCC(=O)OC(COC(=O)CCCCCCCCCCCCCCCCCCCCCCCCCCC)COC(OCC[N+](C)(C)C)C(=O)O. The molecule has 9 nitrogen and oxygen atoms in total. The Kier molecular flexibility index (Phi) is 62.0. The van der Waals surface area contributed by atoms with Crippen molar-refractivity contribution in [1.82, 2.24) is 0 Å². The van der Waals surface area contributed by atoms with Crippen LogP contribution in [0.4, 0.5) is 0 Å². The van der Waals surface area contributed by atoms with Gasteiger partial charge in [-0.3, -0.25) is 9.59 Å². The molecular weight excluding hydrogens is 995 g/mol. The van der Waals surface area contributed by atoms with Gasteiger partial charge in [0, 0.05) is 12.8 Å². The van der Waals surface area contributed by atoms with Crippen LogP contribution in [-0.4, -0.2) is 87.4 Å². The van der Waals surface area contributed by atoms with Crippen LogP contribution >= 0.6 is 0 Å². The molecule has 2 atom stereocenters. The number of unbranched alkanes of at least 4 members (excludes halogenated alkanes) is 53. The van der Waals surface area contributed by atoms with E-state index >= 15 is 0 Å². The molecule has 0 aromatic carbocycles. The summed E-state index contributed by atoms with van der Waals surface area (Å²) in [6.45, 7) is 4.98. The molecule has 0 aromatic rings. The summed E-state index contributed by atoms with van der Waals surface area (Å²) in [4.78, 5) is 37.6. The zero-order chi connectivity index (χ0) is 58.3. The number of likely N-dealkylation sites (N-methyl/N-ethyl adjacent to an activating group) is 1. The lowest BCUT2D eigenvalue weighted by Gasteiger charge is -2.25. The third-order valence-corrected chi connectivity index (χ3v) is 16.6.